The highest BCUT2D eigenvalue weighted by Gasteiger charge is 2.24. The number of amides is 2. The highest BCUT2D eigenvalue weighted by atomic mass is 32.2. The van der Waals surface area contributed by atoms with Gasteiger partial charge >= 0.3 is 5.97 Å². The maximum atomic E-state index is 12.0. The lowest BCUT2D eigenvalue weighted by atomic mass is 10.0. The number of sulfone groups is 1. The quantitative estimate of drug-likeness (QED) is 0.625. The number of carbonyl (C=O) groups excluding carboxylic acids is 2. The van der Waals surface area contributed by atoms with Gasteiger partial charge in [0.25, 0.3) is 5.91 Å². The van der Waals surface area contributed by atoms with E-state index in [1.807, 2.05) is 0 Å². The fraction of sp³-hybridized carbons (Fsp3) is 0.357. The molecule has 23 heavy (non-hydrogen) atoms. The number of benzene rings is 1. The normalized spacial score (nSPS) is 12.7. The van der Waals surface area contributed by atoms with Gasteiger partial charge in [0.05, 0.1) is 4.90 Å². The van der Waals surface area contributed by atoms with Gasteiger partial charge in [-0.15, -0.1) is 0 Å². The van der Waals surface area contributed by atoms with Crippen LogP contribution in [0.3, 0.4) is 0 Å². The Labute approximate surface area is 133 Å². The third kappa shape index (κ3) is 5.06. The zero-order chi connectivity index (χ0) is 17.8. The molecule has 0 radical (unpaired) electrons. The van der Waals surface area contributed by atoms with E-state index in [-0.39, 0.29) is 16.4 Å². The molecular formula is C14H18N2O6S. The molecule has 1 rings (SSSR count). The molecular weight excluding hydrogens is 324 g/mol. The van der Waals surface area contributed by atoms with Crippen molar-refractivity contribution in [1.29, 1.82) is 0 Å². The smallest absolute Gasteiger partial charge is 0.326 e. The van der Waals surface area contributed by atoms with Crippen LogP contribution in [0.15, 0.2) is 29.2 Å². The molecule has 1 aromatic carbocycles. The van der Waals surface area contributed by atoms with E-state index in [9.17, 15) is 22.8 Å². The molecule has 4 N–H and O–H groups in total. The van der Waals surface area contributed by atoms with Crippen molar-refractivity contribution in [2.45, 2.75) is 24.8 Å². The number of carboxylic acids is 1. The maximum Gasteiger partial charge on any atom is 0.326 e. The molecule has 0 aliphatic carbocycles. The van der Waals surface area contributed by atoms with Crippen molar-refractivity contribution in [3.05, 3.63) is 29.8 Å². The molecule has 1 aromatic rings. The Kier molecular flexibility index (Phi) is 5.85. The van der Waals surface area contributed by atoms with Gasteiger partial charge in [-0.25, -0.2) is 13.2 Å². The summed E-state index contributed by atoms with van der Waals surface area (Å²) in [4.78, 5) is 33.7. The highest BCUT2D eigenvalue weighted by molar-refractivity contribution is 7.92. The van der Waals surface area contributed by atoms with Crippen molar-refractivity contribution in [1.82, 2.24) is 5.32 Å². The monoisotopic (exact) mass is 342 g/mol. The first kappa shape index (κ1) is 18.6. The third-order valence-electron chi connectivity index (χ3n) is 3.03. The van der Waals surface area contributed by atoms with Crippen LogP contribution in [0.1, 0.15) is 24.2 Å². The number of hydrogen-bond acceptors (Lipinski definition) is 5. The van der Waals surface area contributed by atoms with Gasteiger partial charge in [0.1, 0.15) is 11.8 Å². The van der Waals surface area contributed by atoms with Crippen LogP contribution in [0.25, 0.3) is 0 Å². The number of primary amides is 1. The predicted molar refractivity (Wildman–Crippen MR) is 81.4 cm³/mol. The van der Waals surface area contributed by atoms with Crippen LogP contribution < -0.4 is 11.1 Å². The molecule has 0 spiro atoms. The number of hydrogen-bond donors (Lipinski definition) is 3. The summed E-state index contributed by atoms with van der Waals surface area (Å²) in [5, 5.41) is 11.4. The number of carboxylic acid groups (broad SMARTS) is 1. The van der Waals surface area contributed by atoms with Crippen LogP contribution in [0.5, 0.6) is 0 Å². The number of carbonyl (C=O) groups is 3. The number of nitrogens with one attached hydrogen (secondary N) is 1. The molecule has 0 aliphatic rings. The predicted octanol–water partition coefficient (Wildman–Crippen LogP) is -0.215. The first-order chi connectivity index (χ1) is 10.5. The van der Waals surface area contributed by atoms with Gasteiger partial charge in [-0.3, -0.25) is 9.59 Å². The molecule has 0 saturated heterocycles. The van der Waals surface area contributed by atoms with E-state index < -0.39 is 39.4 Å². The van der Waals surface area contributed by atoms with E-state index in [4.69, 9.17) is 10.8 Å². The minimum absolute atomic E-state index is 0.106. The van der Waals surface area contributed by atoms with E-state index in [1.54, 1.807) is 13.8 Å². The maximum absolute atomic E-state index is 12.0. The molecule has 0 saturated carbocycles. The van der Waals surface area contributed by atoms with Crippen LogP contribution in [0.2, 0.25) is 0 Å². The van der Waals surface area contributed by atoms with Crippen LogP contribution in [0, 0.1) is 5.92 Å². The summed E-state index contributed by atoms with van der Waals surface area (Å²) in [6, 6.07) is 3.75. The Morgan fingerprint density at radius 1 is 1.17 bits per heavy atom. The Morgan fingerprint density at radius 2 is 1.70 bits per heavy atom. The Hall–Kier alpha value is -2.42. The molecule has 0 bridgehead atoms. The van der Waals surface area contributed by atoms with Crippen molar-refractivity contribution >= 4 is 27.6 Å². The van der Waals surface area contributed by atoms with Crippen molar-refractivity contribution in [3.63, 3.8) is 0 Å². The van der Waals surface area contributed by atoms with Crippen molar-refractivity contribution in [3.8, 4) is 0 Å². The van der Waals surface area contributed by atoms with Gasteiger partial charge < -0.3 is 16.2 Å². The lowest BCUT2D eigenvalue weighted by Crippen LogP contribution is -2.44. The van der Waals surface area contributed by atoms with Gasteiger partial charge in [0.15, 0.2) is 9.84 Å². The number of nitrogens with two attached hydrogens (primary N) is 1. The average Bonchev–Trinajstić information content (AvgIpc) is 2.42. The second-order valence-electron chi connectivity index (χ2n) is 5.28. The summed E-state index contributed by atoms with van der Waals surface area (Å²) in [6.07, 6.45) is 0. The second kappa shape index (κ2) is 7.23. The zero-order valence-electron chi connectivity index (χ0n) is 12.6. The molecule has 0 unspecified atom stereocenters. The van der Waals surface area contributed by atoms with Gasteiger partial charge in [-0.2, -0.15) is 0 Å². The van der Waals surface area contributed by atoms with Crippen molar-refractivity contribution in [2.75, 3.05) is 5.75 Å². The highest BCUT2D eigenvalue weighted by Crippen LogP contribution is 2.13. The third-order valence-corrected chi connectivity index (χ3v) is 4.68. The molecule has 0 heterocycles. The van der Waals surface area contributed by atoms with Crippen LogP contribution in [0.4, 0.5) is 0 Å². The topological polar surface area (TPSA) is 144 Å². The van der Waals surface area contributed by atoms with E-state index in [0.717, 1.165) is 0 Å². The van der Waals surface area contributed by atoms with Gasteiger partial charge in [0, 0.05) is 5.56 Å². The summed E-state index contributed by atoms with van der Waals surface area (Å²) < 4.78 is 23.6. The molecule has 0 aliphatic heterocycles. The fourth-order valence-corrected chi connectivity index (χ4v) is 2.91. The average molecular weight is 342 g/mol. The van der Waals surface area contributed by atoms with Crippen LogP contribution in [-0.4, -0.2) is 43.1 Å². The molecule has 2 amide bonds. The fourth-order valence-electron chi connectivity index (χ4n) is 1.82. The summed E-state index contributed by atoms with van der Waals surface area (Å²) in [6.45, 7) is 3.30. The number of aliphatic carboxylic acids is 1. The zero-order valence-corrected chi connectivity index (χ0v) is 13.5. The van der Waals surface area contributed by atoms with Gasteiger partial charge in [-0.1, -0.05) is 13.8 Å². The van der Waals surface area contributed by atoms with Gasteiger partial charge in [-0.05, 0) is 30.2 Å². The largest absolute Gasteiger partial charge is 0.480 e. The van der Waals surface area contributed by atoms with E-state index in [1.165, 1.54) is 24.3 Å². The Bertz CT molecular complexity index is 709. The summed E-state index contributed by atoms with van der Waals surface area (Å²) in [5.74, 6) is -3.91. The van der Waals surface area contributed by atoms with Crippen molar-refractivity contribution < 1.29 is 27.9 Å². The minimum atomic E-state index is -3.85. The second-order valence-corrected chi connectivity index (χ2v) is 7.27. The summed E-state index contributed by atoms with van der Waals surface area (Å²) in [7, 11) is -3.85. The van der Waals surface area contributed by atoms with Crippen molar-refractivity contribution in [2.24, 2.45) is 11.7 Å². The summed E-state index contributed by atoms with van der Waals surface area (Å²) in [5.41, 5.74) is 4.97. The van der Waals surface area contributed by atoms with Crippen LogP contribution >= 0.6 is 0 Å². The SMILES string of the molecule is CC(C)[C@@H](NC(=O)c1ccc(S(=O)(=O)CC(N)=O)cc1)C(=O)O. The minimum Gasteiger partial charge on any atom is -0.480 e. The number of rotatable bonds is 7. The lowest BCUT2D eigenvalue weighted by Gasteiger charge is -2.17. The van der Waals surface area contributed by atoms with E-state index >= 15 is 0 Å². The molecule has 0 fully saturated rings. The first-order valence-electron chi connectivity index (χ1n) is 6.69. The lowest BCUT2D eigenvalue weighted by molar-refractivity contribution is -0.140. The first-order valence-corrected chi connectivity index (χ1v) is 8.34. The van der Waals surface area contributed by atoms with E-state index in [0.29, 0.717) is 0 Å². The van der Waals surface area contributed by atoms with Gasteiger partial charge in [0.2, 0.25) is 5.91 Å². The Balaban J connectivity index is 2.94. The molecule has 126 valence electrons. The standard InChI is InChI=1S/C14H18N2O6S/c1-8(2)12(14(19)20)16-13(18)9-3-5-10(6-4-9)23(21,22)7-11(15)17/h3-6,8,12H,7H2,1-2H3,(H2,15,17)(H,16,18)(H,19,20)/t12-/m1/s1. The van der Waals surface area contributed by atoms with Crippen LogP contribution in [-0.2, 0) is 19.4 Å². The molecule has 9 heteroatoms. The summed E-state index contributed by atoms with van der Waals surface area (Å²) >= 11 is 0. The van der Waals surface area contributed by atoms with E-state index in [2.05, 4.69) is 5.32 Å². The molecule has 0 aromatic heterocycles. The Morgan fingerprint density at radius 3 is 2.09 bits per heavy atom. The molecule has 8 nitrogen and oxygen atoms in total. The molecule has 1 atom stereocenters.